The van der Waals surface area contributed by atoms with Crippen molar-refractivity contribution in [1.82, 2.24) is 19.6 Å². The minimum atomic E-state index is -3.68. The number of aliphatic imine (C=N–C) groups is 1. The molecule has 2 aliphatic heterocycles. The number of guanidine groups is 1. The number of nitriles is 1. The lowest BCUT2D eigenvalue weighted by Gasteiger charge is -2.40. The molecule has 0 radical (unpaired) electrons. The van der Waals surface area contributed by atoms with Gasteiger partial charge in [0.2, 0.25) is 5.96 Å². The molecular weight excluding hydrogens is 517 g/mol. The van der Waals surface area contributed by atoms with Crippen molar-refractivity contribution in [2.45, 2.75) is 24.8 Å². The summed E-state index contributed by atoms with van der Waals surface area (Å²) in [5.41, 5.74) is -3.75. The van der Waals surface area contributed by atoms with Crippen molar-refractivity contribution in [2.24, 2.45) is 9.36 Å². The first kappa shape index (κ1) is 25.8. The predicted octanol–water partition coefficient (Wildman–Crippen LogP) is 2.32. The number of nitrogens with zero attached hydrogens (tertiary/aromatic N) is 6. The third-order valence-electron chi connectivity index (χ3n) is 5.56. The number of hydrogen-bond donors (Lipinski definition) is 3. The van der Waals surface area contributed by atoms with Crippen LogP contribution in [-0.4, -0.2) is 66.8 Å². The molecule has 0 saturated carbocycles. The summed E-state index contributed by atoms with van der Waals surface area (Å²) in [5, 5.41) is 22.3. The summed E-state index contributed by atoms with van der Waals surface area (Å²) in [7, 11) is -3.68. The lowest BCUT2D eigenvalue weighted by Crippen LogP contribution is -2.57. The van der Waals surface area contributed by atoms with E-state index in [0.717, 1.165) is 22.6 Å². The summed E-state index contributed by atoms with van der Waals surface area (Å²) in [6.45, 7) is 0.100. The Morgan fingerprint density at radius 1 is 1.22 bits per heavy atom. The van der Waals surface area contributed by atoms with Crippen LogP contribution in [0.15, 0.2) is 39.8 Å². The Bertz CT molecular complexity index is 1440. The van der Waals surface area contributed by atoms with E-state index >= 15 is 4.39 Å². The van der Waals surface area contributed by atoms with Crippen LogP contribution in [0.5, 0.6) is 0 Å². The van der Waals surface area contributed by atoms with E-state index in [1.807, 2.05) is 11.4 Å². The zero-order valence-corrected chi connectivity index (χ0v) is 19.7. The van der Waals surface area contributed by atoms with Crippen LogP contribution in [0.25, 0.3) is 0 Å². The smallest absolute Gasteiger partial charge is 0.411 e. The Hall–Kier alpha value is -4.26. The van der Waals surface area contributed by atoms with Crippen LogP contribution in [0.3, 0.4) is 0 Å². The van der Waals surface area contributed by atoms with Crippen LogP contribution in [0.1, 0.15) is 34.6 Å². The van der Waals surface area contributed by atoms with Gasteiger partial charge in [-0.25, -0.2) is 41.5 Å². The first-order valence-electron chi connectivity index (χ1n) is 10.8. The Morgan fingerprint density at radius 3 is 2.65 bits per heavy atom. The van der Waals surface area contributed by atoms with E-state index in [4.69, 9.17) is 5.26 Å². The van der Waals surface area contributed by atoms with Gasteiger partial charge in [0, 0.05) is 12.7 Å². The molecule has 0 fully saturated rings. The molecule has 0 saturated heterocycles. The third-order valence-corrected chi connectivity index (χ3v) is 8.01. The highest BCUT2D eigenvalue weighted by atomic mass is 32.2. The summed E-state index contributed by atoms with van der Waals surface area (Å²) in [6, 6.07) is 6.22. The van der Waals surface area contributed by atoms with E-state index in [1.165, 1.54) is 12.1 Å². The molecule has 16 heteroatoms. The second-order valence-electron chi connectivity index (χ2n) is 8.03. The Labute approximate surface area is 208 Å². The number of hydrogen-bond acceptors (Lipinski definition) is 8. The Balaban J connectivity index is 1.80. The second-order valence-corrected chi connectivity index (χ2v) is 10.2. The summed E-state index contributed by atoms with van der Waals surface area (Å²) in [6.07, 6.45) is -3.06. The molecule has 4 rings (SSSR count). The lowest BCUT2D eigenvalue weighted by atomic mass is 9.97. The summed E-state index contributed by atoms with van der Waals surface area (Å²) in [5.74, 6) is -4.02. The van der Waals surface area contributed by atoms with E-state index < -0.39 is 57.1 Å². The van der Waals surface area contributed by atoms with E-state index in [0.29, 0.717) is 12.8 Å². The number of alkyl halides is 2. The lowest BCUT2D eigenvalue weighted by molar-refractivity contribution is 0.0589. The maximum Gasteiger partial charge on any atom is 0.411 e. The standard InChI is InChI=1S/C21H19F3N8O4S/c22-13-4-6-15(29-17(33)14-5-3-12(9-25)10-26-14)28-16(13)21(18(23)24)11-37(36)27-7-1-2-8-32(37)19(31-21)30-20(34)35/h3-6,10,18H,1-2,7-8,11H2,(H,30,31)(H,34,35)(H,28,29,33)/t21-,37-/m0/s1. The number of aromatic nitrogens is 2. The molecule has 3 N–H and O–H groups in total. The number of pyridine rings is 2. The van der Waals surface area contributed by atoms with Gasteiger partial charge in [0.05, 0.1) is 17.9 Å². The van der Waals surface area contributed by atoms with Crippen LogP contribution in [-0.2, 0) is 15.5 Å². The molecule has 12 nitrogen and oxygen atoms in total. The van der Waals surface area contributed by atoms with Crippen molar-refractivity contribution in [3.63, 3.8) is 0 Å². The van der Waals surface area contributed by atoms with Crippen LogP contribution in [0.4, 0.5) is 23.8 Å². The highest BCUT2D eigenvalue weighted by Crippen LogP contribution is 2.40. The molecule has 194 valence electrons. The fourth-order valence-electron chi connectivity index (χ4n) is 3.83. The van der Waals surface area contributed by atoms with Gasteiger partial charge in [-0.05, 0) is 37.1 Å². The molecule has 0 unspecified atom stereocenters. The zero-order chi connectivity index (χ0) is 26.8. The monoisotopic (exact) mass is 536 g/mol. The molecule has 2 aliphatic rings. The molecule has 0 spiro atoms. The van der Waals surface area contributed by atoms with Crippen LogP contribution in [0.2, 0.25) is 0 Å². The van der Waals surface area contributed by atoms with Gasteiger partial charge in [-0.3, -0.25) is 14.4 Å². The molecule has 2 aromatic heterocycles. The molecule has 2 atom stereocenters. The van der Waals surface area contributed by atoms with E-state index in [-0.39, 0.29) is 30.2 Å². The molecule has 0 aliphatic carbocycles. The Kier molecular flexibility index (Phi) is 6.99. The minimum absolute atomic E-state index is 0.0321. The fraction of sp³-hybridized carbons (Fsp3) is 0.333. The largest absolute Gasteiger partial charge is 0.465 e. The number of anilines is 1. The number of carbonyl (C=O) groups is 2. The first-order valence-corrected chi connectivity index (χ1v) is 12.4. The number of amides is 2. The maximum absolute atomic E-state index is 15.0. The molecular formula is C21H19F3N8O4S. The first-order chi connectivity index (χ1) is 17.6. The van der Waals surface area contributed by atoms with Gasteiger partial charge in [0.25, 0.3) is 12.3 Å². The molecule has 37 heavy (non-hydrogen) atoms. The topological polar surface area (TPSA) is 173 Å². The van der Waals surface area contributed by atoms with Gasteiger partial charge in [-0.2, -0.15) is 5.26 Å². The number of nitrogens with one attached hydrogen (secondary N) is 2. The summed E-state index contributed by atoms with van der Waals surface area (Å²) in [4.78, 5) is 35.5. The number of carboxylic acid groups (broad SMARTS) is 1. The van der Waals surface area contributed by atoms with E-state index in [9.17, 15) is 27.7 Å². The van der Waals surface area contributed by atoms with Gasteiger partial charge in [0.15, 0.2) is 5.54 Å². The average molecular weight is 536 g/mol. The maximum atomic E-state index is 15.0. The third kappa shape index (κ3) is 5.03. The summed E-state index contributed by atoms with van der Waals surface area (Å²) >= 11 is 0. The molecule has 4 heterocycles. The average Bonchev–Trinajstić information content (AvgIpc) is 3.05. The molecule has 0 aromatic carbocycles. The van der Waals surface area contributed by atoms with Crippen molar-refractivity contribution in [2.75, 3.05) is 24.2 Å². The van der Waals surface area contributed by atoms with Crippen LogP contribution >= 0.6 is 0 Å². The van der Waals surface area contributed by atoms with Gasteiger partial charge >= 0.3 is 6.09 Å². The second kappa shape index (κ2) is 10.0. The summed E-state index contributed by atoms with van der Waals surface area (Å²) < 4.78 is 63.3. The van der Waals surface area contributed by atoms with Gasteiger partial charge in [0.1, 0.15) is 39.0 Å². The number of halogens is 3. The normalized spacial score (nSPS) is 23.1. The zero-order valence-electron chi connectivity index (χ0n) is 18.9. The number of rotatable bonds is 4. The minimum Gasteiger partial charge on any atom is -0.465 e. The number of fused-ring (bicyclic) bond motifs is 1. The molecule has 0 bridgehead atoms. The quantitative estimate of drug-likeness (QED) is 0.538. The van der Waals surface area contributed by atoms with E-state index in [2.05, 4.69) is 24.6 Å². The number of carbonyl (C=O) groups excluding carboxylic acids is 1. The molecule has 2 amide bonds. The van der Waals surface area contributed by atoms with Crippen LogP contribution in [0, 0.1) is 17.1 Å². The van der Waals surface area contributed by atoms with Crippen molar-refractivity contribution >= 4 is 33.7 Å². The predicted molar refractivity (Wildman–Crippen MR) is 124 cm³/mol. The van der Waals surface area contributed by atoms with Crippen molar-refractivity contribution < 1.29 is 32.1 Å². The van der Waals surface area contributed by atoms with Crippen molar-refractivity contribution in [3.8, 4) is 6.07 Å². The van der Waals surface area contributed by atoms with Crippen LogP contribution < -0.4 is 10.6 Å². The van der Waals surface area contributed by atoms with Gasteiger partial charge in [-0.1, -0.05) is 0 Å². The highest BCUT2D eigenvalue weighted by Gasteiger charge is 2.53. The van der Waals surface area contributed by atoms with E-state index in [1.54, 1.807) is 0 Å². The Morgan fingerprint density at radius 2 is 2.00 bits per heavy atom. The van der Waals surface area contributed by atoms with Gasteiger partial charge in [-0.15, -0.1) is 0 Å². The van der Waals surface area contributed by atoms with Gasteiger partial charge < -0.3 is 10.4 Å². The fourth-order valence-corrected chi connectivity index (χ4v) is 6.30. The molecule has 2 aromatic rings. The highest BCUT2D eigenvalue weighted by molar-refractivity contribution is 7.92. The van der Waals surface area contributed by atoms with Crippen molar-refractivity contribution in [1.29, 1.82) is 5.26 Å². The SMILES string of the molecule is N#Cc1ccc(C(=O)Nc2ccc(F)c([C@]3(C(F)F)C[S@]4(=O)=NCCCCN4C(NC(=O)O)=N3)n2)nc1. The van der Waals surface area contributed by atoms with Crippen molar-refractivity contribution in [3.05, 3.63) is 53.2 Å².